The number of pyridine rings is 1. The molecule has 1 heterocycles. The van der Waals surface area contributed by atoms with Crippen LogP contribution in [0.5, 0.6) is 0 Å². The predicted octanol–water partition coefficient (Wildman–Crippen LogP) is -0.838. The Labute approximate surface area is 146 Å². The van der Waals surface area contributed by atoms with Crippen LogP contribution in [0.4, 0.5) is 0 Å². The minimum atomic E-state index is -5.83. The van der Waals surface area contributed by atoms with Gasteiger partial charge in [-0.3, -0.25) is 28.1 Å². The van der Waals surface area contributed by atoms with Crippen LogP contribution in [0, 0.1) is 0 Å². The molecule has 0 aliphatic heterocycles. The second-order valence-corrected chi connectivity index (χ2v) is 12.6. The number of rotatable bonds is 8. The van der Waals surface area contributed by atoms with E-state index in [0.29, 0.717) is 0 Å². The van der Waals surface area contributed by atoms with Gasteiger partial charge in [0.1, 0.15) is 0 Å². The van der Waals surface area contributed by atoms with Crippen molar-refractivity contribution >= 4 is 30.4 Å². The molecule has 8 N–H and O–H groups in total. The van der Waals surface area contributed by atoms with E-state index >= 15 is 0 Å². The summed E-state index contributed by atoms with van der Waals surface area (Å²) in [5, 5.41) is 0. The molecule has 0 aromatic carbocycles. The van der Waals surface area contributed by atoms with E-state index in [2.05, 4.69) is 4.98 Å². The lowest BCUT2D eigenvalue weighted by molar-refractivity contribution is 0.195. The molecule has 0 saturated carbocycles. The zero-order valence-electron chi connectivity index (χ0n) is 12.6. The Balaban J connectivity index is 3.70. The van der Waals surface area contributed by atoms with Crippen molar-refractivity contribution < 1.29 is 57.4 Å². The van der Waals surface area contributed by atoms with Crippen molar-refractivity contribution in [1.82, 2.24) is 9.88 Å². The SMILES string of the molecule is O=P(O)(O)C(N(Cc1cccnc1)C(P(=O)(O)O)P(=O)(O)O)P(=O)(O)O. The van der Waals surface area contributed by atoms with E-state index in [1.165, 1.54) is 18.3 Å². The highest BCUT2D eigenvalue weighted by Crippen LogP contribution is 2.69. The van der Waals surface area contributed by atoms with Crippen LogP contribution in [-0.2, 0) is 24.8 Å². The molecule has 1 aromatic heterocycles. The van der Waals surface area contributed by atoms with Gasteiger partial charge in [0.2, 0.25) is 11.0 Å². The van der Waals surface area contributed by atoms with Crippen molar-refractivity contribution in [3.8, 4) is 0 Å². The summed E-state index contributed by atoms with van der Waals surface area (Å²) in [6, 6.07) is 2.48. The average molecular weight is 456 g/mol. The van der Waals surface area contributed by atoms with E-state index in [0.717, 1.165) is 6.20 Å². The largest absolute Gasteiger partial charge is 0.355 e. The molecular weight excluding hydrogens is 440 g/mol. The average Bonchev–Trinajstić information content (AvgIpc) is 2.32. The van der Waals surface area contributed by atoms with E-state index in [9.17, 15) is 57.4 Å². The van der Waals surface area contributed by atoms with Crippen LogP contribution in [-0.4, -0.2) is 60.1 Å². The molecular formula is C8H16N2O12P4. The van der Waals surface area contributed by atoms with Gasteiger partial charge in [0.25, 0.3) is 0 Å². The smallest absolute Gasteiger partial charge is 0.323 e. The quantitative estimate of drug-likeness (QED) is 0.222. The van der Waals surface area contributed by atoms with Crippen molar-refractivity contribution in [2.24, 2.45) is 0 Å². The van der Waals surface area contributed by atoms with E-state index in [1.807, 2.05) is 0 Å². The van der Waals surface area contributed by atoms with E-state index in [4.69, 9.17) is 0 Å². The number of aromatic nitrogens is 1. The van der Waals surface area contributed by atoms with Crippen molar-refractivity contribution in [3.05, 3.63) is 30.1 Å². The summed E-state index contributed by atoms with van der Waals surface area (Å²) < 4.78 is 46.4. The Morgan fingerprint density at radius 1 is 0.808 bits per heavy atom. The van der Waals surface area contributed by atoms with Crippen LogP contribution in [0.2, 0.25) is 0 Å². The monoisotopic (exact) mass is 456 g/mol. The maximum absolute atomic E-state index is 11.6. The lowest BCUT2D eigenvalue weighted by atomic mass is 10.3. The van der Waals surface area contributed by atoms with Gasteiger partial charge in [-0.15, -0.1) is 0 Å². The molecule has 18 heteroatoms. The Hall–Kier alpha value is -0.290. The molecule has 0 atom stereocenters. The van der Waals surface area contributed by atoms with Gasteiger partial charge in [0.05, 0.1) is 0 Å². The summed E-state index contributed by atoms with van der Waals surface area (Å²) in [5.74, 6) is 0. The molecule has 0 spiro atoms. The minimum Gasteiger partial charge on any atom is -0.323 e. The summed E-state index contributed by atoms with van der Waals surface area (Å²) in [7, 11) is -23.3. The van der Waals surface area contributed by atoms with Crippen molar-refractivity contribution in [2.45, 2.75) is 17.6 Å². The summed E-state index contributed by atoms with van der Waals surface area (Å²) in [4.78, 5) is 77.7. The molecule has 14 nitrogen and oxygen atoms in total. The van der Waals surface area contributed by atoms with Gasteiger partial charge >= 0.3 is 30.4 Å². The third kappa shape index (κ3) is 6.40. The first kappa shape index (κ1) is 23.7. The van der Waals surface area contributed by atoms with E-state index in [1.54, 1.807) is 0 Å². The maximum Gasteiger partial charge on any atom is 0.355 e. The summed E-state index contributed by atoms with van der Waals surface area (Å²) in [6.45, 7) is -1.03. The van der Waals surface area contributed by atoms with Crippen LogP contribution in [0.1, 0.15) is 5.56 Å². The topological polar surface area (TPSA) is 246 Å². The summed E-state index contributed by atoms with van der Waals surface area (Å²) in [5.41, 5.74) is -6.49. The Morgan fingerprint density at radius 2 is 1.19 bits per heavy atom. The molecule has 1 aromatic rings. The van der Waals surface area contributed by atoms with Gasteiger partial charge in [0, 0.05) is 18.9 Å². The number of nitrogens with zero attached hydrogens (tertiary/aromatic N) is 2. The fourth-order valence-electron chi connectivity index (χ4n) is 2.15. The molecule has 0 radical (unpaired) electrons. The summed E-state index contributed by atoms with van der Waals surface area (Å²) >= 11 is 0. The fraction of sp³-hybridized carbons (Fsp3) is 0.375. The molecule has 0 aliphatic rings. The first-order valence-electron chi connectivity index (χ1n) is 6.31. The lowest BCUT2D eigenvalue weighted by Crippen LogP contribution is -2.42. The first-order valence-corrected chi connectivity index (χ1v) is 13.0. The third-order valence-corrected chi connectivity index (χ3v) is 10.1. The van der Waals surface area contributed by atoms with Crippen LogP contribution < -0.4 is 0 Å². The van der Waals surface area contributed by atoms with E-state index < -0.39 is 48.0 Å². The molecule has 150 valence electrons. The molecule has 0 bridgehead atoms. The Kier molecular flexibility index (Phi) is 7.29. The highest BCUT2D eigenvalue weighted by Gasteiger charge is 2.58. The van der Waals surface area contributed by atoms with Crippen LogP contribution >= 0.6 is 30.4 Å². The van der Waals surface area contributed by atoms with Crippen LogP contribution in [0.15, 0.2) is 24.5 Å². The highest BCUT2D eigenvalue weighted by atomic mass is 31.2. The minimum absolute atomic E-state index is 0.0775. The molecule has 0 fully saturated rings. The standard InChI is InChI=1S/C8H16N2O12P4/c11-23(12,13)7(24(14,15)16)10(5-6-2-1-3-9-4-6)8(25(17,18)19)26(20,21)22/h1-4,7-8H,5H2,(H2,11,12,13)(H2,14,15,16)(H2,17,18,19)(H2,20,21,22). The number of hydrogen-bond acceptors (Lipinski definition) is 6. The fourth-order valence-corrected chi connectivity index (χ4v) is 8.11. The first-order chi connectivity index (χ1) is 11.5. The second kappa shape index (κ2) is 7.98. The lowest BCUT2D eigenvalue weighted by Gasteiger charge is -2.37. The van der Waals surface area contributed by atoms with Gasteiger partial charge in [0.15, 0.2) is 0 Å². The molecule has 0 aliphatic carbocycles. The molecule has 26 heavy (non-hydrogen) atoms. The molecule has 1 rings (SSSR count). The maximum atomic E-state index is 11.6. The van der Waals surface area contributed by atoms with Gasteiger partial charge in [-0.2, -0.15) is 0 Å². The highest BCUT2D eigenvalue weighted by molar-refractivity contribution is 7.72. The van der Waals surface area contributed by atoms with Gasteiger partial charge in [-0.1, -0.05) is 6.07 Å². The van der Waals surface area contributed by atoms with Gasteiger partial charge in [-0.05, 0) is 11.6 Å². The molecule has 0 amide bonds. The van der Waals surface area contributed by atoms with E-state index in [-0.39, 0.29) is 10.5 Å². The third-order valence-electron chi connectivity index (χ3n) is 2.88. The molecule has 0 unspecified atom stereocenters. The number of hydrogen-bond donors (Lipinski definition) is 8. The Morgan fingerprint density at radius 3 is 1.46 bits per heavy atom. The van der Waals surface area contributed by atoms with Crippen molar-refractivity contribution in [3.63, 3.8) is 0 Å². The van der Waals surface area contributed by atoms with Crippen molar-refractivity contribution in [1.29, 1.82) is 0 Å². The zero-order chi connectivity index (χ0) is 20.6. The van der Waals surface area contributed by atoms with Crippen LogP contribution in [0.3, 0.4) is 0 Å². The Bertz CT molecular complexity index is 716. The van der Waals surface area contributed by atoms with Gasteiger partial charge in [-0.25, -0.2) is 0 Å². The van der Waals surface area contributed by atoms with Crippen LogP contribution in [0.25, 0.3) is 0 Å². The predicted molar refractivity (Wildman–Crippen MR) is 85.5 cm³/mol. The zero-order valence-corrected chi connectivity index (χ0v) is 16.1. The van der Waals surface area contributed by atoms with Gasteiger partial charge < -0.3 is 39.1 Å². The normalized spacial score (nSPS) is 14.4. The molecule has 0 saturated heterocycles. The summed E-state index contributed by atoms with van der Waals surface area (Å²) in [6.07, 6.45) is 2.26. The van der Waals surface area contributed by atoms with Crippen molar-refractivity contribution in [2.75, 3.05) is 0 Å². The second-order valence-electron chi connectivity index (χ2n) is 5.08.